The molecule has 108 valence electrons. The second kappa shape index (κ2) is 6.05. The zero-order valence-electron chi connectivity index (χ0n) is 12.8. The van der Waals surface area contributed by atoms with Crippen LogP contribution in [-0.2, 0) is 6.54 Å². The number of aryl methyl sites for hydroxylation is 2. The van der Waals surface area contributed by atoms with Gasteiger partial charge in [0.05, 0.1) is 13.7 Å². The lowest BCUT2D eigenvalue weighted by Crippen LogP contribution is -2.13. The molecule has 1 heterocycles. The zero-order valence-corrected chi connectivity index (χ0v) is 12.8. The molecule has 5 heteroatoms. The Morgan fingerprint density at radius 2 is 2.10 bits per heavy atom. The zero-order chi connectivity index (χ0) is 14.7. The first-order valence-electron chi connectivity index (χ1n) is 6.77. The number of methoxy groups -OCH3 is 1. The van der Waals surface area contributed by atoms with Gasteiger partial charge in [-0.3, -0.25) is 0 Å². The van der Waals surface area contributed by atoms with Gasteiger partial charge in [-0.25, -0.2) is 9.67 Å². The molecule has 1 unspecified atom stereocenters. The molecule has 20 heavy (non-hydrogen) atoms. The fraction of sp³-hybridized carbons (Fsp3) is 0.467. The van der Waals surface area contributed by atoms with Crippen molar-refractivity contribution in [3.8, 4) is 5.75 Å². The summed E-state index contributed by atoms with van der Waals surface area (Å²) in [5.74, 6) is 2.59. The smallest absolute Gasteiger partial charge is 0.147 e. The Labute approximate surface area is 120 Å². The summed E-state index contributed by atoms with van der Waals surface area (Å²) in [4.78, 5) is 4.34. The lowest BCUT2D eigenvalue weighted by Gasteiger charge is -2.15. The van der Waals surface area contributed by atoms with Crippen molar-refractivity contribution in [1.29, 1.82) is 0 Å². The molecule has 5 nitrogen and oxygen atoms in total. The third kappa shape index (κ3) is 2.99. The highest BCUT2D eigenvalue weighted by atomic mass is 16.5. The number of nitrogens with one attached hydrogen (secondary N) is 1. The highest BCUT2D eigenvalue weighted by molar-refractivity contribution is 5.38. The molecule has 0 bridgehead atoms. The van der Waals surface area contributed by atoms with Crippen LogP contribution in [0, 0.1) is 13.8 Å². The molecule has 0 fully saturated rings. The topological polar surface area (TPSA) is 52.0 Å². The van der Waals surface area contributed by atoms with Crippen molar-refractivity contribution in [3.63, 3.8) is 0 Å². The standard InChI is InChI=1S/C15H22N4O/c1-10(16-4)13-6-7-15(20-5)14(8-13)9-19-12(3)17-11(2)18-19/h6-8,10,16H,9H2,1-5H3. The highest BCUT2D eigenvalue weighted by Gasteiger charge is 2.11. The van der Waals surface area contributed by atoms with Crippen LogP contribution >= 0.6 is 0 Å². The fourth-order valence-corrected chi connectivity index (χ4v) is 2.23. The first-order chi connectivity index (χ1) is 9.55. The van der Waals surface area contributed by atoms with E-state index in [-0.39, 0.29) is 0 Å². The van der Waals surface area contributed by atoms with Crippen LogP contribution in [0.4, 0.5) is 0 Å². The predicted octanol–water partition coefficient (Wildman–Crippen LogP) is 2.23. The summed E-state index contributed by atoms with van der Waals surface area (Å²) in [5, 5.41) is 7.66. The second-order valence-electron chi connectivity index (χ2n) is 4.95. The number of ether oxygens (including phenoxy) is 1. The Balaban J connectivity index is 2.35. The molecule has 0 aliphatic carbocycles. The van der Waals surface area contributed by atoms with E-state index in [1.807, 2.05) is 31.6 Å². The molecule has 1 aromatic heterocycles. The average Bonchev–Trinajstić information content (AvgIpc) is 2.76. The van der Waals surface area contributed by atoms with Gasteiger partial charge in [-0.2, -0.15) is 5.10 Å². The minimum absolute atomic E-state index is 0.304. The maximum Gasteiger partial charge on any atom is 0.147 e. The van der Waals surface area contributed by atoms with E-state index in [1.165, 1.54) is 5.56 Å². The van der Waals surface area contributed by atoms with Crippen molar-refractivity contribution in [2.75, 3.05) is 14.2 Å². The van der Waals surface area contributed by atoms with Crippen LogP contribution in [-0.4, -0.2) is 28.9 Å². The number of rotatable bonds is 5. The molecule has 0 saturated carbocycles. The minimum atomic E-state index is 0.304. The van der Waals surface area contributed by atoms with E-state index >= 15 is 0 Å². The number of benzene rings is 1. The Hall–Kier alpha value is -1.88. The molecule has 1 aromatic carbocycles. The van der Waals surface area contributed by atoms with Crippen molar-refractivity contribution >= 4 is 0 Å². The van der Waals surface area contributed by atoms with Gasteiger partial charge in [0.1, 0.15) is 17.4 Å². The molecule has 0 aliphatic heterocycles. The van der Waals surface area contributed by atoms with Gasteiger partial charge in [0, 0.05) is 11.6 Å². The van der Waals surface area contributed by atoms with Gasteiger partial charge in [-0.05, 0) is 45.5 Å². The lowest BCUT2D eigenvalue weighted by molar-refractivity contribution is 0.406. The van der Waals surface area contributed by atoms with Crippen LogP contribution in [0.2, 0.25) is 0 Å². The molecular weight excluding hydrogens is 252 g/mol. The lowest BCUT2D eigenvalue weighted by atomic mass is 10.0. The fourth-order valence-electron chi connectivity index (χ4n) is 2.23. The third-order valence-corrected chi connectivity index (χ3v) is 3.52. The third-order valence-electron chi connectivity index (χ3n) is 3.52. The Bertz CT molecular complexity index is 592. The molecular formula is C15H22N4O. The van der Waals surface area contributed by atoms with Gasteiger partial charge in [-0.1, -0.05) is 6.07 Å². The summed E-state index contributed by atoms with van der Waals surface area (Å²) in [6.45, 7) is 6.67. The summed E-state index contributed by atoms with van der Waals surface area (Å²) in [7, 11) is 3.65. The highest BCUT2D eigenvalue weighted by Crippen LogP contribution is 2.24. The summed E-state index contributed by atoms with van der Waals surface area (Å²) < 4.78 is 7.35. The van der Waals surface area contributed by atoms with Gasteiger partial charge >= 0.3 is 0 Å². The van der Waals surface area contributed by atoms with Gasteiger partial charge in [0.15, 0.2) is 0 Å². The first kappa shape index (κ1) is 14.5. The second-order valence-corrected chi connectivity index (χ2v) is 4.95. The Morgan fingerprint density at radius 3 is 2.65 bits per heavy atom. The van der Waals surface area contributed by atoms with Gasteiger partial charge in [-0.15, -0.1) is 0 Å². The first-order valence-corrected chi connectivity index (χ1v) is 6.77. The summed E-state index contributed by atoms with van der Waals surface area (Å²) in [5.41, 5.74) is 2.35. The summed E-state index contributed by atoms with van der Waals surface area (Å²) in [6, 6.07) is 6.56. The maximum absolute atomic E-state index is 5.45. The van der Waals surface area contributed by atoms with E-state index in [4.69, 9.17) is 4.74 Å². The van der Waals surface area contributed by atoms with E-state index in [1.54, 1.807) is 7.11 Å². The minimum Gasteiger partial charge on any atom is -0.496 e. The van der Waals surface area contributed by atoms with Crippen molar-refractivity contribution in [2.24, 2.45) is 0 Å². The monoisotopic (exact) mass is 274 g/mol. The molecule has 0 saturated heterocycles. The van der Waals surface area contributed by atoms with Gasteiger partial charge in [0.2, 0.25) is 0 Å². The van der Waals surface area contributed by atoms with Crippen LogP contribution in [0.25, 0.3) is 0 Å². The van der Waals surface area contributed by atoms with Crippen LogP contribution in [0.15, 0.2) is 18.2 Å². The number of hydrogen-bond donors (Lipinski definition) is 1. The normalized spacial score (nSPS) is 12.4. The van der Waals surface area contributed by atoms with Crippen LogP contribution in [0.5, 0.6) is 5.75 Å². The van der Waals surface area contributed by atoms with Gasteiger partial charge in [0.25, 0.3) is 0 Å². The van der Waals surface area contributed by atoms with Crippen molar-refractivity contribution in [2.45, 2.75) is 33.4 Å². The average molecular weight is 274 g/mol. The number of aromatic nitrogens is 3. The maximum atomic E-state index is 5.45. The molecule has 1 atom stereocenters. The Kier molecular flexibility index (Phi) is 4.39. The van der Waals surface area contributed by atoms with Crippen molar-refractivity contribution in [1.82, 2.24) is 20.1 Å². The quantitative estimate of drug-likeness (QED) is 0.908. The van der Waals surface area contributed by atoms with Crippen LogP contribution in [0.1, 0.15) is 35.7 Å². The molecule has 0 aliphatic rings. The Morgan fingerprint density at radius 1 is 1.35 bits per heavy atom. The molecule has 1 N–H and O–H groups in total. The summed E-state index contributed by atoms with van der Waals surface area (Å²) in [6.07, 6.45) is 0. The molecule has 2 rings (SSSR count). The molecule has 0 radical (unpaired) electrons. The van der Waals surface area contributed by atoms with E-state index in [0.29, 0.717) is 12.6 Å². The molecule has 2 aromatic rings. The van der Waals surface area contributed by atoms with Crippen LogP contribution < -0.4 is 10.1 Å². The molecule has 0 spiro atoms. The van der Waals surface area contributed by atoms with E-state index in [2.05, 4.69) is 34.5 Å². The van der Waals surface area contributed by atoms with Crippen LogP contribution in [0.3, 0.4) is 0 Å². The SMILES string of the molecule is CNC(C)c1ccc(OC)c(Cn2nc(C)nc2C)c1. The van der Waals surface area contributed by atoms with Gasteiger partial charge < -0.3 is 10.1 Å². The number of nitrogens with zero attached hydrogens (tertiary/aromatic N) is 3. The largest absolute Gasteiger partial charge is 0.496 e. The van der Waals surface area contributed by atoms with E-state index in [9.17, 15) is 0 Å². The molecule has 0 amide bonds. The predicted molar refractivity (Wildman–Crippen MR) is 79.1 cm³/mol. The van der Waals surface area contributed by atoms with E-state index in [0.717, 1.165) is 23.0 Å². The van der Waals surface area contributed by atoms with Crippen molar-refractivity contribution in [3.05, 3.63) is 41.0 Å². The van der Waals surface area contributed by atoms with E-state index < -0.39 is 0 Å². The summed E-state index contributed by atoms with van der Waals surface area (Å²) >= 11 is 0. The number of hydrogen-bond acceptors (Lipinski definition) is 4. The van der Waals surface area contributed by atoms with Crippen molar-refractivity contribution < 1.29 is 4.74 Å².